The van der Waals surface area contributed by atoms with Crippen molar-refractivity contribution in [3.63, 3.8) is 0 Å². The molecule has 1 aromatic heterocycles. The first kappa shape index (κ1) is 18.6. The number of carbonyl (C=O) groups is 1. The van der Waals surface area contributed by atoms with Gasteiger partial charge in [0.2, 0.25) is 5.91 Å². The van der Waals surface area contributed by atoms with E-state index in [0.29, 0.717) is 17.1 Å². The number of amides is 1. The fourth-order valence-corrected chi connectivity index (χ4v) is 2.79. The van der Waals surface area contributed by atoms with Gasteiger partial charge >= 0.3 is 0 Å². The van der Waals surface area contributed by atoms with Crippen LogP contribution in [0.2, 0.25) is 0 Å². The van der Waals surface area contributed by atoms with Gasteiger partial charge in [0, 0.05) is 19.4 Å². The van der Waals surface area contributed by atoms with Crippen molar-refractivity contribution in [2.75, 3.05) is 7.11 Å². The monoisotopic (exact) mass is 371 g/mol. The summed E-state index contributed by atoms with van der Waals surface area (Å²) in [5.74, 6) is -0.966. The molecule has 1 atom stereocenters. The van der Waals surface area contributed by atoms with Crippen molar-refractivity contribution >= 4 is 5.91 Å². The number of nitrogens with zero attached hydrogens (tertiary/aromatic N) is 2. The Morgan fingerprint density at radius 3 is 2.52 bits per heavy atom. The normalized spacial score (nSPS) is 11.9. The van der Waals surface area contributed by atoms with E-state index >= 15 is 0 Å². The summed E-state index contributed by atoms with van der Waals surface area (Å²) >= 11 is 0. The first-order chi connectivity index (χ1) is 13.0. The standard InChI is InChI=1S/C20H19F2N3O2/c1-25-10-9-23-20(25)19(14-5-8-16(21)17(22)12-14)24-18(26)11-13-3-6-15(27-2)7-4-13/h3-10,12,19H,11H2,1-2H3,(H,24,26). The van der Waals surface area contributed by atoms with E-state index in [-0.39, 0.29) is 12.3 Å². The van der Waals surface area contributed by atoms with Crippen LogP contribution in [0.15, 0.2) is 54.9 Å². The van der Waals surface area contributed by atoms with E-state index in [4.69, 9.17) is 4.74 Å². The number of ether oxygens (including phenoxy) is 1. The predicted molar refractivity (Wildman–Crippen MR) is 96.2 cm³/mol. The number of methoxy groups -OCH3 is 1. The number of benzene rings is 2. The van der Waals surface area contributed by atoms with E-state index in [1.165, 1.54) is 6.07 Å². The zero-order valence-electron chi connectivity index (χ0n) is 14.9. The molecule has 0 aliphatic carbocycles. The molecule has 0 saturated heterocycles. The van der Waals surface area contributed by atoms with E-state index in [2.05, 4.69) is 10.3 Å². The van der Waals surface area contributed by atoms with Gasteiger partial charge in [-0.05, 0) is 35.4 Å². The van der Waals surface area contributed by atoms with Crippen LogP contribution in [0.3, 0.4) is 0 Å². The Kier molecular flexibility index (Phi) is 5.49. The summed E-state index contributed by atoms with van der Waals surface area (Å²) in [5.41, 5.74) is 1.21. The number of imidazole rings is 1. The average molecular weight is 371 g/mol. The third kappa shape index (κ3) is 4.31. The first-order valence-electron chi connectivity index (χ1n) is 8.32. The van der Waals surface area contributed by atoms with Gasteiger partial charge in [-0.1, -0.05) is 18.2 Å². The number of halogens is 2. The SMILES string of the molecule is COc1ccc(CC(=O)NC(c2ccc(F)c(F)c2)c2nccn2C)cc1. The number of hydrogen-bond donors (Lipinski definition) is 1. The minimum Gasteiger partial charge on any atom is -0.497 e. The Hall–Kier alpha value is -3.22. The van der Waals surface area contributed by atoms with Crippen LogP contribution in [0.25, 0.3) is 0 Å². The zero-order valence-corrected chi connectivity index (χ0v) is 14.9. The maximum atomic E-state index is 13.7. The number of hydrogen-bond acceptors (Lipinski definition) is 3. The number of carbonyl (C=O) groups excluding carboxylic acids is 1. The Balaban J connectivity index is 1.83. The highest BCUT2D eigenvalue weighted by atomic mass is 19.2. The van der Waals surface area contributed by atoms with Gasteiger partial charge in [-0.15, -0.1) is 0 Å². The highest BCUT2D eigenvalue weighted by molar-refractivity contribution is 5.79. The minimum absolute atomic E-state index is 0.134. The average Bonchev–Trinajstić information content (AvgIpc) is 3.08. The molecule has 5 nitrogen and oxygen atoms in total. The number of aromatic nitrogens is 2. The van der Waals surface area contributed by atoms with Gasteiger partial charge < -0.3 is 14.6 Å². The second-order valence-electron chi connectivity index (χ2n) is 6.10. The third-order valence-corrected chi connectivity index (χ3v) is 4.22. The molecule has 27 heavy (non-hydrogen) atoms. The molecule has 0 radical (unpaired) electrons. The van der Waals surface area contributed by atoms with Crippen molar-refractivity contribution < 1.29 is 18.3 Å². The molecule has 0 spiro atoms. The van der Waals surface area contributed by atoms with Crippen LogP contribution in [0, 0.1) is 11.6 Å². The topological polar surface area (TPSA) is 56.1 Å². The minimum atomic E-state index is -0.976. The van der Waals surface area contributed by atoms with Crippen molar-refractivity contribution in [3.05, 3.63) is 83.4 Å². The maximum Gasteiger partial charge on any atom is 0.225 e. The number of rotatable bonds is 6. The molecule has 1 unspecified atom stereocenters. The summed E-state index contributed by atoms with van der Waals surface area (Å²) in [6, 6.07) is 9.98. The molecular formula is C20H19F2N3O2. The van der Waals surface area contributed by atoms with Gasteiger partial charge in [0.15, 0.2) is 11.6 Å². The molecule has 2 aromatic carbocycles. The summed E-state index contributed by atoms with van der Waals surface area (Å²) in [4.78, 5) is 16.8. The Morgan fingerprint density at radius 1 is 1.19 bits per heavy atom. The number of nitrogens with one attached hydrogen (secondary N) is 1. The highest BCUT2D eigenvalue weighted by Gasteiger charge is 2.22. The zero-order chi connectivity index (χ0) is 19.4. The molecule has 0 aliphatic rings. The Morgan fingerprint density at radius 2 is 1.93 bits per heavy atom. The van der Waals surface area contributed by atoms with Gasteiger partial charge in [-0.3, -0.25) is 4.79 Å². The van der Waals surface area contributed by atoms with E-state index in [1.807, 2.05) is 0 Å². The summed E-state index contributed by atoms with van der Waals surface area (Å²) in [6.07, 6.45) is 3.43. The molecule has 1 heterocycles. The molecule has 7 heteroatoms. The van der Waals surface area contributed by atoms with Gasteiger partial charge in [0.05, 0.1) is 13.5 Å². The van der Waals surface area contributed by atoms with Crippen LogP contribution in [0.1, 0.15) is 23.0 Å². The molecule has 0 aliphatic heterocycles. The predicted octanol–water partition coefficient (Wildman–Crippen LogP) is 3.16. The van der Waals surface area contributed by atoms with E-state index in [9.17, 15) is 13.6 Å². The lowest BCUT2D eigenvalue weighted by Crippen LogP contribution is -2.32. The third-order valence-electron chi connectivity index (χ3n) is 4.22. The quantitative estimate of drug-likeness (QED) is 0.724. The second kappa shape index (κ2) is 7.99. The van der Waals surface area contributed by atoms with E-state index in [1.54, 1.807) is 55.4 Å². The highest BCUT2D eigenvalue weighted by Crippen LogP contribution is 2.23. The van der Waals surface area contributed by atoms with Gasteiger partial charge in [-0.25, -0.2) is 13.8 Å². The summed E-state index contributed by atoms with van der Waals surface area (Å²) in [6.45, 7) is 0. The van der Waals surface area contributed by atoms with Crippen LogP contribution in [-0.4, -0.2) is 22.6 Å². The summed E-state index contributed by atoms with van der Waals surface area (Å²) in [7, 11) is 3.34. The Bertz CT molecular complexity index is 939. The van der Waals surface area contributed by atoms with E-state index in [0.717, 1.165) is 17.7 Å². The maximum absolute atomic E-state index is 13.7. The van der Waals surface area contributed by atoms with Crippen molar-refractivity contribution in [3.8, 4) is 5.75 Å². The lowest BCUT2D eigenvalue weighted by molar-refractivity contribution is -0.121. The lowest BCUT2D eigenvalue weighted by atomic mass is 10.0. The van der Waals surface area contributed by atoms with Crippen molar-refractivity contribution in [2.24, 2.45) is 7.05 Å². The smallest absolute Gasteiger partial charge is 0.225 e. The molecular weight excluding hydrogens is 352 g/mol. The first-order valence-corrected chi connectivity index (χ1v) is 8.32. The van der Waals surface area contributed by atoms with Gasteiger partial charge in [0.25, 0.3) is 0 Å². The largest absolute Gasteiger partial charge is 0.497 e. The van der Waals surface area contributed by atoms with Crippen LogP contribution in [-0.2, 0) is 18.3 Å². The number of aryl methyl sites for hydroxylation is 1. The summed E-state index contributed by atoms with van der Waals surface area (Å²) in [5, 5.41) is 2.86. The van der Waals surface area contributed by atoms with E-state index < -0.39 is 17.7 Å². The van der Waals surface area contributed by atoms with Crippen molar-refractivity contribution in [2.45, 2.75) is 12.5 Å². The fourth-order valence-electron chi connectivity index (χ4n) is 2.79. The van der Waals surface area contributed by atoms with Crippen LogP contribution in [0.5, 0.6) is 5.75 Å². The fraction of sp³-hybridized carbons (Fsp3) is 0.200. The van der Waals surface area contributed by atoms with Crippen molar-refractivity contribution in [1.29, 1.82) is 0 Å². The Labute approximate surface area is 155 Å². The molecule has 1 amide bonds. The molecule has 3 rings (SSSR count). The molecule has 0 fully saturated rings. The van der Waals surface area contributed by atoms with Gasteiger partial charge in [-0.2, -0.15) is 0 Å². The summed E-state index contributed by atoms with van der Waals surface area (Å²) < 4.78 is 33.8. The molecule has 0 saturated carbocycles. The van der Waals surface area contributed by atoms with Crippen LogP contribution in [0.4, 0.5) is 8.78 Å². The van der Waals surface area contributed by atoms with Gasteiger partial charge in [0.1, 0.15) is 17.6 Å². The van der Waals surface area contributed by atoms with Crippen LogP contribution < -0.4 is 10.1 Å². The molecule has 1 N–H and O–H groups in total. The second-order valence-corrected chi connectivity index (χ2v) is 6.10. The van der Waals surface area contributed by atoms with Crippen LogP contribution >= 0.6 is 0 Å². The molecule has 140 valence electrons. The molecule has 0 bridgehead atoms. The van der Waals surface area contributed by atoms with Crippen molar-refractivity contribution in [1.82, 2.24) is 14.9 Å². The lowest BCUT2D eigenvalue weighted by Gasteiger charge is -2.19. The molecule has 3 aromatic rings.